The first-order valence-electron chi connectivity index (χ1n) is 5.81. The van der Waals surface area contributed by atoms with Gasteiger partial charge in [-0.25, -0.2) is 8.78 Å². The van der Waals surface area contributed by atoms with Gasteiger partial charge in [-0.15, -0.1) is 0 Å². The fourth-order valence-corrected chi connectivity index (χ4v) is 1.68. The van der Waals surface area contributed by atoms with Crippen LogP contribution in [0.1, 0.15) is 18.4 Å². The van der Waals surface area contributed by atoms with Crippen LogP contribution in [0.2, 0.25) is 0 Å². The van der Waals surface area contributed by atoms with Gasteiger partial charge in [-0.05, 0) is 36.9 Å². The van der Waals surface area contributed by atoms with Gasteiger partial charge in [-0.2, -0.15) is 0 Å². The minimum absolute atomic E-state index is 0.0176. The van der Waals surface area contributed by atoms with Crippen LogP contribution in [0.4, 0.5) is 8.78 Å². The maximum Gasteiger partial charge on any atom is 0.151 e. The minimum atomic E-state index is -0.652. The quantitative estimate of drug-likeness (QED) is 0.823. The Labute approximate surface area is 99.0 Å². The van der Waals surface area contributed by atoms with Crippen LogP contribution < -0.4 is 5.32 Å². The standard InChI is InChI=1S/C13H15F2NO/c14-11-4-3-10(13(15)6-11)5-12(17)8-16-7-9-1-2-9/h3-4,6,9,16H,1-2,5,7-8H2. The number of Topliss-reactive ketones (excluding diaryl/α,β-unsaturated/α-hetero) is 1. The first-order valence-corrected chi connectivity index (χ1v) is 5.81. The molecule has 0 amide bonds. The summed E-state index contributed by atoms with van der Waals surface area (Å²) in [5.41, 5.74) is 0.254. The molecule has 0 atom stereocenters. The van der Waals surface area contributed by atoms with Crippen molar-refractivity contribution < 1.29 is 13.6 Å². The van der Waals surface area contributed by atoms with Gasteiger partial charge in [0.15, 0.2) is 5.78 Å². The molecule has 1 aliphatic carbocycles. The highest BCUT2D eigenvalue weighted by Gasteiger charge is 2.20. The first kappa shape index (κ1) is 12.2. The van der Waals surface area contributed by atoms with Gasteiger partial charge in [0, 0.05) is 12.5 Å². The Kier molecular flexibility index (Phi) is 3.84. The van der Waals surface area contributed by atoms with Crippen LogP contribution in [0, 0.1) is 17.6 Å². The van der Waals surface area contributed by atoms with Gasteiger partial charge in [0.2, 0.25) is 0 Å². The lowest BCUT2D eigenvalue weighted by molar-refractivity contribution is -0.117. The number of halogens is 2. The fraction of sp³-hybridized carbons (Fsp3) is 0.462. The molecule has 2 rings (SSSR count). The van der Waals surface area contributed by atoms with E-state index >= 15 is 0 Å². The summed E-state index contributed by atoms with van der Waals surface area (Å²) in [6.07, 6.45) is 2.48. The van der Waals surface area contributed by atoms with E-state index in [1.807, 2.05) is 0 Å². The highest BCUT2D eigenvalue weighted by atomic mass is 19.1. The van der Waals surface area contributed by atoms with Gasteiger partial charge in [0.25, 0.3) is 0 Å². The van der Waals surface area contributed by atoms with Gasteiger partial charge in [-0.1, -0.05) is 6.07 Å². The monoisotopic (exact) mass is 239 g/mol. The minimum Gasteiger partial charge on any atom is -0.310 e. The SMILES string of the molecule is O=C(CNCC1CC1)Cc1ccc(F)cc1F. The third-order valence-corrected chi connectivity index (χ3v) is 2.85. The summed E-state index contributed by atoms with van der Waals surface area (Å²) in [6.45, 7) is 1.12. The van der Waals surface area contributed by atoms with Crippen LogP contribution in [-0.4, -0.2) is 18.9 Å². The number of carbonyl (C=O) groups is 1. The molecule has 1 N–H and O–H groups in total. The molecule has 0 radical (unpaired) electrons. The third kappa shape index (κ3) is 3.89. The molecule has 0 heterocycles. The van der Waals surface area contributed by atoms with Gasteiger partial charge in [-0.3, -0.25) is 4.79 Å². The maximum atomic E-state index is 13.3. The molecule has 0 unspecified atom stereocenters. The summed E-state index contributed by atoms with van der Waals surface area (Å²) in [5, 5.41) is 3.05. The van der Waals surface area contributed by atoms with Crippen molar-refractivity contribution in [3.63, 3.8) is 0 Å². The third-order valence-electron chi connectivity index (χ3n) is 2.85. The molecular weight excluding hydrogens is 224 g/mol. The topological polar surface area (TPSA) is 29.1 Å². The molecule has 0 bridgehead atoms. The Morgan fingerprint density at radius 2 is 2.12 bits per heavy atom. The Bertz CT molecular complexity index is 416. The Morgan fingerprint density at radius 1 is 1.35 bits per heavy atom. The smallest absolute Gasteiger partial charge is 0.151 e. The van der Waals surface area contributed by atoms with Crippen molar-refractivity contribution in [1.82, 2.24) is 5.32 Å². The van der Waals surface area contributed by atoms with E-state index in [0.29, 0.717) is 5.92 Å². The zero-order chi connectivity index (χ0) is 12.3. The predicted octanol–water partition coefficient (Wildman–Crippen LogP) is 2.08. The summed E-state index contributed by atoms with van der Waals surface area (Å²) in [7, 11) is 0. The molecule has 1 aromatic rings. The van der Waals surface area contributed by atoms with E-state index < -0.39 is 11.6 Å². The summed E-state index contributed by atoms with van der Waals surface area (Å²) in [6, 6.07) is 3.30. The number of hydrogen-bond donors (Lipinski definition) is 1. The number of carbonyl (C=O) groups excluding carboxylic acids is 1. The van der Waals surface area contributed by atoms with E-state index in [1.165, 1.54) is 25.0 Å². The van der Waals surface area contributed by atoms with Crippen molar-refractivity contribution in [2.75, 3.05) is 13.1 Å². The molecule has 0 saturated heterocycles. The lowest BCUT2D eigenvalue weighted by Crippen LogP contribution is -2.26. The fourth-order valence-electron chi connectivity index (χ4n) is 1.68. The van der Waals surface area contributed by atoms with Crippen LogP contribution in [0.15, 0.2) is 18.2 Å². The van der Waals surface area contributed by atoms with Crippen LogP contribution in [0.5, 0.6) is 0 Å². The lowest BCUT2D eigenvalue weighted by atomic mass is 10.1. The molecule has 1 aromatic carbocycles. The second-order valence-electron chi connectivity index (χ2n) is 4.53. The molecule has 17 heavy (non-hydrogen) atoms. The molecule has 1 aliphatic rings. The predicted molar refractivity (Wildman–Crippen MR) is 60.7 cm³/mol. The molecule has 92 valence electrons. The van der Waals surface area contributed by atoms with Crippen LogP contribution >= 0.6 is 0 Å². The molecule has 4 heteroatoms. The normalized spacial score (nSPS) is 14.9. The van der Waals surface area contributed by atoms with E-state index in [1.54, 1.807) is 0 Å². The van der Waals surface area contributed by atoms with E-state index in [4.69, 9.17) is 0 Å². The van der Waals surface area contributed by atoms with Crippen molar-refractivity contribution in [3.05, 3.63) is 35.4 Å². The lowest BCUT2D eigenvalue weighted by Gasteiger charge is -2.04. The zero-order valence-corrected chi connectivity index (χ0v) is 9.51. The van der Waals surface area contributed by atoms with Crippen molar-refractivity contribution in [2.45, 2.75) is 19.3 Å². The number of hydrogen-bond acceptors (Lipinski definition) is 2. The zero-order valence-electron chi connectivity index (χ0n) is 9.51. The number of ketones is 1. The number of benzene rings is 1. The highest BCUT2D eigenvalue weighted by molar-refractivity contribution is 5.82. The van der Waals surface area contributed by atoms with Crippen molar-refractivity contribution >= 4 is 5.78 Å². The Hall–Kier alpha value is -1.29. The van der Waals surface area contributed by atoms with Crippen molar-refractivity contribution in [3.8, 4) is 0 Å². The van der Waals surface area contributed by atoms with E-state index in [-0.39, 0.29) is 24.3 Å². The van der Waals surface area contributed by atoms with Gasteiger partial charge in [0.05, 0.1) is 6.54 Å². The molecule has 0 aromatic heterocycles. The Balaban J connectivity index is 1.79. The molecule has 2 nitrogen and oxygen atoms in total. The molecule has 0 aliphatic heterocycles. The molecule has 1 saturated carbocycles. The second kappa shape index (κ2) is 5.36. The average Bonchev–Trinajstić information content (AvgIpc) is 3.06. The van der Waals surface area contributed by atoms with Gasteiger partial charge < -0.3 is 5.32 Å². The molecular formula is C13H15F2NO. The van der Waals surface area contributed by atoms with Gasteiger partial charge >= 0.3 is 0 Å². The summed E-state index contributed by atoms with van der Waals surface area (Å²) < 4.78 is 25.9. The molecule has 0 spiro atoms. The van der Waals surface area contributed by atoms with Gasteiger partial charge in [0.1, 0.15) is 11.6 Å². The van der Waals surface area contributed by atoms with Crippen molar-refractivity contribution in [1.29, 1.82) is 0 Å². The maximum absolute atomic E-state index is 13.3. The Morgan fingerprint density at radius 3 is 2.76 bits per heavy atom. The first-order chi connectivity index (χ1) is 8.15. The molecule has 1 fully saturated rings. The van der Waals surface area contributed by atoms with Crippen LogP contribution in [0.25, 0.3) is 0 Å². The summed E-state index contributed by atoms with van der Waals surface area (Å²) >= 11 is 0. The highest BCUT2D eigenvalue weighted by Crippen LogP contribution is 2.27. The number of nitrogens with one attached hydrogen (secondary N) is 1. The van der Waals surface area contributed by atoms with E-state index in [2.05, 4.69) is 5.32 Å². The van der Waals surface area contributed by atoms with Crippen LogP contribution in [0.3, 0.4) is 0 Å². The van der Waals surface area contributed by atoms with E-state index in [0.717, 1.165) is 12.6 Å². The van der Waals surface area contributed by atoms with E-state index in [9.17, 15) is 13.6 Å². The second-order valence-corrected chi connectivity index (χ2v) is 4.53. The summed E-state index contributed by atoms with van der Waals surface area (Å²) in [5.74, 6) is -0.632. The van der Waals surface area contributed by atoms with Crippen molar-refractivity contribution in [2.24, 2.45) is 5.92 Å². The number of rotatable bonds is 6. The average molecular weight is 239 g/mol. The van der Waals surface area contributed by atoms with Crippen LogP contribution in [-0.2, 0) is 11.2 Å². The largest absolute Gasteiger partial charge is 0.310 e. The summed E-state index contributed by atoms with van der Waals surface area (Å²) in [4.78, 5) is 11.5.